The summed E-state index contributed by atoms with van der Waals surface area (Å²) in [7, 11) is 0. The van der Waals surface area contributed by atoms with Crippen molar-refractivity contribution in [2.45, 2.75) is 6.54 Å². The van der Waals surface area contributed by atoms with Crippen LogP contribution in [0.15, 0.2) is 48.7 Å². The maximum Gasteiger partial charge on any atom is 0.152 e. The first-order valence-corrected chi connectivity index (χ1v) is 6.56. The predicted molar refractivity (Wildman–Crippen MR) is 79.5 cm³/mol. The highest BCUT2D eigenvalue weighted by Crippen LogP contribution is 2.25. The minimum absolute atomic E-state index is 0.239. The van der Waals surface area contributed by atoms with Crippen LogP contribution in [0.1, 0.15) is 15.9 Å². The standard InChI is InChI=1S/C16H12ClNO2/c17-13-3-6-15-12(10-19)9-18(16(15)7-13)8-11-1-4-14(20)5-2-11/h1-7,9-10,20H,8H2. The summed E-state index contributed by atoms with van der Waals surface area (Å²) >= 11 is 6.03. The van der Waals surface area contributed by atoms with Crippen molar-refractivity contribution < 1.29 is 9.90 Å². The molecule has 0 bridgehead atoms. The van der Waals surface area contributed by atoms with E-state index in [0.717, 1.165) is 22.8 Å². The molecule has 3 nitrogen and oxygen atoms in total. The van der Waals surface area contributed by atoms with E-state index in [9.17, 15) is 9.90 Å². The normalized spacial score (nSPS) is 10.8. The second-order valence-corrected chi connectivity index (χ2v) is 5.09. The first-order chi connectivity index (χ1) is 9.67. The molecule has 4 heteroatoms. The molecule has 0 aliphatic heterocycles. The predicted octanol–water partition coefficient (Wildman–Crippen LogP) is 3.86. The van der Waals surface area contributed by atoms with Crippen LogP contribution >= 0.6 is 11.6 Å². The molecule has 2 aromatic carbocycles. The van der Waals surface area contributed by atoms with Gasteiger partial charge in [0.1, 0.15) is 5.75 Å². The number of benzene rings is 2. The summed E-state index contributed by atoms with van der Waals surface area (Å²) in [5, 5.41) is 10.8. The lowest BCUT2D eigenvalue weighted by atomic mass is 10.2. The molecule has 0 saturated carbocycles. The van der Waals surface area contributed by atoms with Gasteiger partial charge in [0.15, 0.2) is 6.29 Å². The number of nitrogens with zero attached hydrogens (tertiary/aromatic N) is 1. The Kier molecular flexibility index (Phi) is 3.20. The molecule has 100 valence electrons. The maximum absolute atomic E-state index is 11.1. The number of rotatable bonds is 3. The third kappa shape index (κ3) is 2.28. The summed E-state index contributed by atoms with van der Waals surface area (Å²) in [5.74, 6) is 0.239. The molecule has 0 aliphatic rings. The van der Waals surface area contributed by atoms with Crippen molar-refractivity contribution in [2.75, 3.05) is 0 Å². The Hall–Kier alpha value is -2.26. The fourth-order valence-electron chi connectivity index (χ4n) is 2.32. The van der Waals surface area contributed by atoms with E-state index >= 15 is 0 Å². The fraction of sp³-hybridized carbons (Fsp3) is 0.0625. The molecule has 0 unspecified atom stereocenters. The van der Waals surface area contributed by atoms with Gasteiger partial charge >= 0.3 is 0 Å². The zero-order valence-electron chi connectivity index (χ0n) is 10.6. The van der Waals surface area contributed by atoms with Gasteiger partial charge < -0.3 is 9.67 Å². The molecule has 0 fully saturated rings. The maximum atomic E-state index is 11.1. The van der Waals surface area contributed by atoms with Crippen molar-refractivity contribution in [2.24, 2.45) is 0 Å². The molecule has 1 heterocycles. The molecule has 0 atom stereocenters. The number of carbonyl (C=O) groups is 1. The number of aromatic hydroxyl groups is 1. The van der Waals surface area contributed by atoms with Crippen LogP contribution in [-0.2, 0) is 6.54 Å². The largest absolute Gasteiger partial charge is 0.508 e. The van der Waals surface area contributed by atoms with Gasteiger partial charge in [-0.15, -0.1) is 0 Å². The van der Waals surface area contributed by atoms with Crippen LogP contribution < -0.4 is 0 Å². The minimum Gasteiger partial charge on any atom is -0.508 e. The molecule has 0 spiro atoms. The fourth-order valence-corrected chi connectivity index (χ4v) is 2.48. The molecule has 20 heavy (non-hydrogen) atoms. The van der Waals surface area contributed by atoms with Crippen molar-refractivity contribution in [3.05, 3.63) is 64.8 Å². The van der Waals surface area contributed by atoms with Crippen LogP contribution in [0, 0.1) is 0 Å². The minimum atomic E-state index is 0.239. The molecule has 0 amide bonds. The number of fused-ring (bicyclic) bond motifs is 1. The lowest BCUT2D eigenvalue weighted by Gasteiger charge is -2.06. The molecule has 0 saturated heterocycles. The Bertz CT molecular complexity index is 775. The molecular weight excluding hydrogens is 274 g/mol. The van der Waals surface area contributed by atoms with Crippen molar-refractivity contribution in [3.63, 3.8) is 0 Å². The molecule has 1 aromatic heterocycles. The van der Waals surface area contributed by atoms with Crippen LogP contribution in [0.2, 0.25) is 5.02 Å². The number of halogens is 1. The molecule has 3 rings (SSSR count). The van der Waals surface area contributed by atoms with Crippen LogP contribution in [0.25, 0.3) is 10.9 Å². The van der Waals surface area contributed by atoms with Gasteiger partial charge in [0.2, 0.25) is 0 Å². The van der Waals surface area contributed by atoms with Gasteiger partial charge in [0.25, 0.3) is 0 Å². The highest BCUT2D eigenvalue weighted by atomic mass is 35.5. The van der Waals surface area contributed by atoms with Crippen molar-refractivity contribution >= 4 is 28.8 Å². The van der Waals surface area contributed by atoms with Gasteiger partial charge in [-0.2, -0.15) is 0 Å². The number of hydrogen-bond acceptors (Lipinski definition) is 2. The Morgan fingerprint density at radius 2 is 1.90 bits per heavy atom. The number of aromatic nitrogens is 1. The molecule has 0 aliphatic carbocycles. The Labute approximate surface area is 121 Å². The molecule has 0 radical (unpaired) electrons. The zero-order valence-corrected chi connectivity index (χ0v) is 11.3. The van der Waals surface area contributed by atoms with Crippen LogP contribution in [-0.4, -0.2) is 16.0 Å². The van der Waals surface area contributed by atoms with Crippen molar-refractivity contribution in [1.82, 2.24) is 4.57 Å². The molecule has 3 aromatic rings. The summed E-state index contributed by atoms with van der Waals surface area (Å²) in [4.78, 5) is 11.1. The van der Waals surface area contributed by atoms with Crippen molar-refractivity contribution in [3.8, 4) is 5.75 Å². The zero-order chi connectivity index (χ0) is 14.1. The van der Waals surface area contributed by atoms with E-state index in [-0.39, 0.29) is 5.75 Å². The summed E-state index contributed by atoms with van der Waals surface area (Å²) in [6.07, 6.45) is 2.67. The van der Waals surface area contributed by atoms with Crippen LogP contribution in [0.3, 0.4) is 0 Å². The molecule has 1 N–H and O–H groups in total. The monoisotopic (exact) mass is 285 g/mol. The SMILES string of the molecule is O=Cc1cn(Cc2ccc(O)cc2)c2cc(Cl)ccc12. The van der Waals surface area contributed by atoms with E-state index in [2.05, 4.69) is 0 Å². The quantitative estimate of drug-likeness (QED) is 0.743. The summed E-state index contributed by atoms with van der Waals surface area (Å²) in [6.45, 7) is 0.616. The second-order valence-electron chi connectivity index (χ2n) is 4.66. The van der Waals surface area contributed by atoms with E-state index in [1.54, 1.807) is 18.2 Å². The number of carbonyl (C=O) groups excluding carboxylic acids is 1. The number of aldehydes is 1. The van der Waals surface area contributed by atoms with Crippen LogP contribution in [0.4, 0.5) is 0 Å². The summed E-state index contributed by atoms with van der Waals surface area (Å²) in [6, 6.07) is 12.5. The van der Waals surface area contributed by atoms with E-state index in [4.69, 9.17) is 11.6 Å². The van der Waals surface area contributed by atoms with Gasteiger partial charge in [-0.05, 0) is 29.8 Å². The number of phenols is 1. The van der Waals surface area contributed by atoms with Gasteiger partial charge in [-0.1, -0.05) is 29.8 Å². The van der Waals surface area contributed by atoms with Gasteiger partial charge in [-0.3, -0.25) is 4.79 Å². The van der Waals surface area contributed by atoms with E-state index in [0.29, 0.717) is 17.1 Å². The third-order valence-electron chi connectivity index (χ3n) is 3.29. The Balaban J connectivity index is 2.08. The van der Waals surface area contributed by atoms with E-state index < -0.39 is 0 Å². The number of phenolic OH excluding ortho intramolecular Hbond substituents is 1. The smallest absolute Gasteiger partial charge is 0.152 e. The second kappa shape index (κ2) is 5.02. The van der Waals surface area contributed by atoms with Crippen molar-refractivity contribution in [1.29, 1.82) is 0 Å². The van der Waals surface area contributed by atoms with E-state index in [1.165, 1.54) is 0 Å². The Morgan fingerprint density at radius 1 is 1.15 bits per heavy atom. The summed E-state index contributed by atoms with van der Waals surface area (Å²) in [5.41, 5.74) is 2.61. The first kappa shape index (κ1) is 12.8. The number of hydrogen-bond donors (Lipinski definition) is 1. The Morgan fingerprint density at radius 3 is 2.60 bits per heavy atom. The van der Waals surface area contributed by atoms with E-state index in [1.807, 2.05) is 35.0 Å². The van der Waals surface area contributed by atoms with Gasteiger partial charge in [0.05, 0.1) is 5.52 Å². The average Bonchev–Trinajstić information content (AvgIpc) is 2.79. The summed E-state index contributed by atoms with van der Waals surface area (Å²) < 4.78 is 1.98. The average molecular weight is 286 g/mol. The lowest BCUT2D eigenvalue weighted by Crippen LogP contribution is -1.97. The van der Waals surface area contributed by atoms with Gasteiger partial charge in [-0.25, -0.2) is 0 Å². The first-order valence-electron chi connectivity index (χ1n) is 6.19. The highest BCUT2D eigenvalue weighted by Gasteiger charge is 2.08. The third-order valence-corrected chi connectivity index (χ3v) is 3.53. The lowest BCUT2D eigenvalue weighted by molar-refractivity contribution is 0.112. The van der Waals surface area contributed by atoms with Crippen LogP contribution in [0.5, 0.6) is 5.75 Å². The van der Waals surface area contributed by atoms with Gasteiger partial charge in [0, 0.05) is 28.7 Å². The molecular formula is C16H12ClNO2. The highest BCUT2D eigenvalue weighted by molar-refractivity contribution is 6.31. The topological polar surface area (TPSA) is 42.2 Å².